The van der Waals surface area contributed by atoms with Gasteiger partial charge in [-0.05, 0) is 0 Å². The van der Waals surface area contributed by atoms with Crippen molar-refractivity contribution in [1.29, 1.82) is 0 Å². The molecule has 1 aliphatic rings. The molecule has 1 heterocycles. The summed E-state index contributed by atoms with van der Waals surface area (Å²) in [7, 11) is 0. The Morgan fingerprint density at radius 1 is 1.00 bits per heavy atom. The minimum Gasteiger partial charge on any atom is -0.282 e. The molecular formula is C4H8F2N2. The highest BCUT2D eigenvalue weighted by atomic mass is 19.1. The first-order valence-electron chi connectivity index (χ1n) is 2.54. The first-order valence-corrected chi connectivity index (χ1v) is 2.54. The lowest BCUT2D eigenvalue weighted by Gasteiger charge is -2.20. The van der Waals surface area contributed by atoms with E-state index in [1.807, 2.05) is 0 Å². The quantitative estimate of drug-likeness (QED) is 0.434. The summed E-state index contributed by atoms with van der Waals surface area (Å²) in [4.78, 5) is 0. The fourth-order valence-corrected chi connectivity index (χ4v) is 0.607. The van der Waals surface area contributed by atoms with E-state index in [1.165, 1.54) is 0 Å². The van der Waals surface area contributed by atoms with Gasteiger partial charge in [0.1, 0.15) is 0 Å². The van der Waals surface area contributed by atoms with E-state index in [9.17, 15) is 8.78 Å². The standard InChI is InChI=1S/C4H8F2N2/c5-3-1-7-4(6)2-8-3/h3-4,7-8H,1-2H2. The van der Waals surface area contributed by atoms with Crippen LogP contribution in [0.15, 0.2) is 0 Å². The second-order valence-corrected chi connectivity index (χ2v) is 1.75. The molecule has 0 aromatic heterocycles. The second-order valence-electron chi connectivity index (χ2n) is 1.75. The second kappa shape index (κ2) is 2.37. The third-order valence-electron chi connectivity index (χ3n) is 1.04. The van der Waals surface area contributed by atoms with E-state index >= 15 is 0 Å². The maximum Gasteiger partial charge on any atom is 0.163 e. The Morgan fingerprint density at radius 2 is 1.38 bits per heavy atom. The molecule has 0 aliphatic carbocycles. The number of rotatable bonds is 0. The van der Waals surface area contributed by atoms with Crippen LogP contribution in [0.25, 0.3) is 0 Å². The summed E-state index contributed by atoms with van der Waals surface area (Å²) in [5.74, 6) is 0. The molecule has 2 atom stereocenters. The van der Waals surface area contributed by atoms with Crippen LogP contribution in [0.5, 0.6) is 0 Å². The lowest BCUT2D eigenvalue weighted by Crippen LogP contribution is -2.50. The molecule has 48 valence electrons. The molecule has 0 aromatic rings. The Morgan fingerprint density at radius 3 is 1.62 bits per heavy atom. The van der Waals surface area contributed by atoms with Gasteiger partial charge in [0.05, 0.1) is 0 Å². The van der Waals surface area contributed by atoms with E-state index < -0.39 is 12.6 Å². The lowest BCUT2D eigenvalue weighted by atomic mass is 10.4. The van der Waals surface area contributed by atoms with Gasteiger partial charge in [0.25, 0.3) is 0 Å². The van der Waals surface area contributed by atoms with E-state index in [2.05, 4.69) is 10.6 Å². The Bertz CT molecular complexity index is 60.4. The zero-order valence-electron chi connectivity index (χ0n) is 4.32. The molecule has 8 heavy (non-hydrogen) atoms. The predicted molar refractivity (Wildman–Crippen MR) is 25.8 cm³/mol. The zero-order valence-corrected chi connectivity index (χ0v) is 4.32. The summed E-state index contributed by atoms with van der Waals surface area (Å²) >= 11 is 0. The molecule has 0 radical (unpaired) electrons. The summed E-state index contributed by atoms with van der Waals surface area (Å²) in [5.41, 5.74) is 0. The zero-order chi connectivity index (χ0) is 5.98. The van der Waals surface area contributed by atoms with Crippen molar-refractivity contribution in [3.8, 4) is 0 Å². The summed E-state index contributed by atoms with van der Waals surface area (Å²) in [6, 6.07) is 0. The van der Waals surface area contributed by atoms with Crippen LogP contribution >= 0.6 is 0 Å². The van der Waals surface area contributed by atoms with Crippen molar-refractivity contribution in [3.63, 3.8) is 0 Å². The maximum absolute atomic E-state index is 12.0. The highest BCUT2D eigenvalue weighted by Crippen LogP contribution is 1.93. The van der Waals surface area contributed by atoms with Gasteiger partial charge in [-0.25, -0.2) is 8.78 Å². The molecule has 2 N–H and O–H groups in total. The van der Waals surface area contributed by atoms with E-state index in [-0.39, 0.29) is 13.1 Å². The molecule has 1 saturated heterocycles. The van der Waals surface area contributed by atoms with Gasteiger partial charge in [0.2, 0.25) is 0 Å². The Labute approximate surface area is 46.3 Å². The molecule has 1 fully saturated rings. The van der Waals surface area contributed by atoms with E-state index in [0.717, 1.165) is 0 Å². The largest absolute Gasteiger partial charge is 0.282 e. The van der Waals surface area contributed by atoms with Gasteiger partial charge < -0.3 is 0 Å². The van der Waals surface area contributed by atoms with Gasteiger partial charge >= 0.3 is 0 Å². The summed E-state index contributed by atoms with van der Waals surface area (Å²) in [5, 5.41) is 4.66. The van der Waals surface area contributed by atoms with Crippen molar-refractivity contribution in [2.24, 2.45) is 0 Å². The first-order chi connectivity index (χ1) is 3.79. The predicted octanol–water partition coefficient (Wildman–Crippen LogP) is -0.230. The topological polar surface area (TPSA) is 24.1 Å². The third kappa shape index (κ3) is 1.38. The average molecular weight is 122 g/mol. The van der Waals surface area contributed by atoms with Crippen molar-refractivity contribution in [1.82, 2.24) is 10.6 Å². The molecule has 4 heteroatoms. The minimum absolute atomic E-state index is 0.0706. The fourth-order valence-electron chi connectivity index (χ4n) is 0.607. The summed E-state index contributed by atoms with van der Waals surface area (Å²) in [6.45, 7) is 0.141. The molecule has 0 spiro atoms. The minimum atomic E-state index is -1.08. The van der Waals surface area contributed by atoms with Gasteiger partial charge in [0, 0.05) is 13.1 Å². The van der Waals surface area contributed by atoms with Gasteiger partial charge in [-0.15, -0.1) is 0 Å². The SMILES string of the molecule is FC1CNC(F)CN1. The van der Waals surface area contributed by atoms with Crippen LogP contribution in [0, 0.1) is 0 Å². The van der Waals surface area contributed by atoms with Crippen molar-refractivity contribution >= 4 is 0 Å². The number of hydrogen-bond acceptors (Lipinski definition) is 2. The smallest absolute Gasteiger partial charge is 0.163 e. The van der Waals surface area contributed by atoms with Gasteiger partial charge in [0.15, 0.2) is 12.6 Å². The van der Waals surface area contributed by atoms with E-state index in [1.54, 1.807) is 0 Å². The van der Waals surface area contributed by atoms with Gasteiger partial charge in [-0.2, -0.15) is 0 Å². The molecule has 1 rings (SSSR count). The number of hydrogen-bond donors (Lipinski definition) is 2. The van der Waals surface area contributed by atoms with Crippen LogP contribution in [-0.2, 0) is 0 Å². The van der Waals surface area contributed by atoms with Crippen molar-refractivity contribution in [2.75, 3.05) is 13.1 Å². The Kier molecular flexibility index (Phi) is 1.75. The van der Waals surface area contributed by atoms with Crippen LogP contribution in [0.4, 0.5) is 8.78 Å². The lowest BCUT2D eigenvalue weighted by molar-refractivity contribution is 0.146. The van der Waals surface area contributed by atoms with Crippen LogP contribution in [0.2, 0.25) is 0 Å². The Balaban J connectivity index is 2.19. The molecule has 0 amide bonds. The van der Waals surface area contributed by atoms with Crippen molar-refractivity contribution in [2.45, 2.75) is 12.6 Å². The molecule has 2 nitrogen and oxygen atoms in total. The monoisotopic (exact) mass is 122 g/mol. The maximum atomic E-state index is 12.0. The number of halogens is 2. The summed E-state index contributed by atoms with van der Waals surface area (Å²) < 4.78 is 24.0. The summed E-state index contributed by atoms with van der Waals surface area (Å²) in [6.07, 6.45) is -2.16. The first kappa shape index (κ1) is 5.91. The number of piperazine rings is 1. The molecule has 0 saturated carbocycles. The van der Waals surface area contributed by atoms with Crippen molar-refractivity contribution < 1.29 is 8.78 Å². The average Bonchev–Trinajstić information content (AvgIpc) is 1.77. The highest BCUT2D eigenvalue weighted by molar-refractivity contribution is 4.69. The van der Waals surface area contributed by atoms with E-state index in [4.69, 9.17) is 0 Å². The molecule has 0 bridgehead atoms. The van der Waals surface area contributed by atoms with Crippen molar-refractivity contribution in [3.05, 3.63) is 0 Å². The molecule has 0 aromatic carbocycles. The van der Waals surface area contributed by atoms with Gasteiger partial charge in [-0.3, -0.25) is 10.6 Å². The van der Waals surface area contributed by atoms with Crippen LogP contribution < -0.4 is 10.6 Å². The van der Waals surface area contributed by atoms with E-state index in [0.29, 0.717) is 0 Å². The van der Waals surface area contributed by atoms with Crippen LogP contribution in [0.1, 0.15) is 0 Å². The third-order valence-corrected chi connectivity index (χ3v) is 1.04. The highest BCUT2D eigenvalue weighted by Gasteiger charge is 2.16. The Hall–Kier alpha value is -0.220. The number of nitrogens with one attached hydrogen (secondary N) is 2. The molecule has 1 aliphatic heterocycles. The molecule has 2 unspecified atom stereocenters. The van der Waals surface area contributed by atoms with Crippen LogP contribution in [-0.4, -0.2) is 25.7 Å². The van der Waals surface area contributed by atoms with Crippen LogP contribution in [0.3, 0.4) is 0 Å². The number of alkyl halides is 2. The van der Waals surface area contributed by atoms with Gasteiger partial charge in [-0.1, -0.05) is 0 Å². The normalized spacial score (nSPS) is 39.8. The fraction of sp³-hybridized carbons (Fsp3) is 1.00. The molecular weight excluding hydrogens is 114 g/mol.